The zero-order valence-electron chi connectivity index (χ0n) is 15.6. The van der Waals surface area contributed by atoms with Gasteiger partial charge in [-0.1, -0.05) is 24.3 Å². The Hall–Kier alpha value is -2.19. The first-order valence-electron chi connectivity index (χ1n) is 8.96. The summed E-state index contributed by atoms with van der Waals surface area (Å²) in [4.78, 5) is 15.6. The molecular formula is C20H23ClN4O2S. The molecule has 0 aliphatic carbocycles. The van der Waals surface area contributed by atoms with Crippen LogP contribution in [-0.4, -0.2) is 53.4 Å². The van der Waals surface area contributed by atoms with Gasteiger partial charge >= 0.3 is 0 Å². The number of likely N-dealkylation sites (N-methyl/N-ethyl adjacent to an activating group) is 1. The molecule has 28 heavy (non-hydrogen) atoms. The van der Waals surface area contributed by atoms with Gasteiger partial charge in [0, 0.05) is 31.9 Å². The molecule has 1 aliphatic rings. The Morgan fingerprint density at radius 3 is 2.82 bits per heavy atom. The van der Waals surface area contributed by atoms with Gasteiger partial charge in [-0.05, 0) is 23.6 Å². The van der Waals surface area contributed by atoms with Crippen molar-refractivity contribution in [2.24, 2.45) is 0 Å². The average molecular weight is 419 g/mol. The minimum atomic E-state index is -0.280. The number of nitrogens with one attached hydrogen (secondary N) is 1. The van der Waals surface area contributed by atoms with Crippen LogP contribution in [0, 0.1) is 0 Å². The van der Waals surface area contributed by atoms with E-state index < -0.39 is 0 Å². The molecule has 0 spiro atoms. The number of aromatic nitrogens is 2. The first-order chi connectivity index (χ1) is 13.2. The van der Waals surface area contributed by atoms with Crippen molar-refractivity contribution in [1.82, 2.24) is 20.0 Å². The molecule has 0 bridgehead atoms. The summed E-state index contributed by atoms with van der Waals surface area (Å²) >= 11 is 1.65. The van der Waals surface area contributed by atoms with Gasteiger partial charge in [0.1, 0.15) is 11.7 Å². The SMILES string of the molecule is CN(Cc1cn(-c2ccccc2)nc1-c1cccs1)C(=O)C1COCCN1.Cl. The number of hydrogen-bond donors (Lipinski definition) is 1. The van der Waals surface area contributed by atoms with Crippen LogP contribution in [0.4, 0.5) is 0 Å². The molecule has 0 saturated carbocycles. The fraction of sp³-hybridized carbons (Fsp3) is 0.300. The second kappa shape index (κ2) is 9.34. The zero-order chi connectivity index (χ0) is 18.6. The lowest BCUT2D eigenvalue weighted by atomic mass is 10.2. The van der Waals surface area contributed by atoms with Crippen molar-refractivity contribution < 1.29 is 9.53 Å². The van der Waals surface area contributed by atoms with Gasteiger partial charge in [0.25, 0.3) is 0 Å². The molecule has 1 fully saturated rings. The van der Waals surface area contributed by atoms with E-state index >= 15 is 0 Å². The van der Waals surface area contributed by atoms with Gasteiger partial charge in [0.2, 0.25) is 5.91 Å². The first-order valence-corrected chi connectivity index (χ1v) is 9.84. The van der Waals surface area contributed by atoms with E-state index in [1.165, 1.54) is 0 Å². The third-order valence-electron chi connectivity index (χ3n) is 4.57. The lowest BCUT2D eigenvalue weighted by Gasteiger charge is -2.27. The minimum absolute atomic E-state index is 0. The highest BCUT2D eigenvalue weighted by Gasteiger charge is 2.25. The Morgan fingerprint density at radius 1 is 1.32 bits per heavy atom. The number of ether oxygens (including phenoxy) is 1. The van der Waals surface area contributed by atoms with Crippen LogP contribution < -0.4 is 5.32 Å². The number of benzene rings is 1. The first kappa shape index (κ1) is 20.5. The highest BCUT2D eigenvalue weighted by molar-refractivity contribution is 7.13. The Bertz CT molecular complexity index is 892. The number of para-hydroxylation sites is 1. The van der Waals surface area contributed by atoms with Gasteiger partial charge in [0.15, 0.2) is 0 Å². The maximum atomic E-state index is 12.7. The summed E-state index contributed by atoms with van der Waals surface area (Å²) in [5, 5.41) is 10.1. The Morgan fingerprint density at radius 2 is 2.14 bits per heavy atom. The molecule has 1 aliphatic heterocycles. The topological polar surface area (TPSA) is 59.4 Å². The fourth-order valence-electron chi connectivity index (χ4n) is 3.18. The lowest BCUT2D eigenvalue weighted by molar-refractivity contribution is -0.135. The molecule has 1 unspecified atom stereocenters. The monoisotopic (exact) mass is 418 g/mol. The fourth-order valence-corrected chi connectivity index (χ4v) is 3.93. The van der Waals surface area contributed by atoms with Crippen LogP contribution in [0.5, 0.6) is 0 Å². The Labute approximate surface area is 174 Å². The molecule has 1 aromatic carbocycles. The highest BCUT2D eigenvalue weighted by atomic mass is 35.5. The van der Waals surface area contributed by atoms with Crippen LogP contribution in [-0.2, 0) is 16.1 Å². The van der Waals surface area contributed by atoms with Gasteiger partial charge in [-0.25, -0.2) is 4.68 Å². The van der Waals surface area contributed by atoms with E-state index in [9.17, 15) is 4.79 Å². The van der Waals surface area contributed by atoms with Crippen molar-refractivity contribution in [3.05, 3.63) is 59.6 Å². The maximum absolute atomic E-state index is 12.7. The van der Waals surface area contributed by atoms with Crippen LogP contribution in [0.25, 0.3) is 16.3 Å². The quantitative estimate of drug-likeness (QED) is 0.692. The van der Waals surface area contributed by atoms with Gasteiger partial charge in [-0.2, -0.15) is 5.10 Å². The van der Waals surface area contributed by atoms with Crippen molar-refractivity contribution in [2.75, 3.05) is 26.8 Å². The van der Waals surface area contributed by atoms with Crippen LogP contribution >= 0.6 is 23.7 Å². The van der Waals surface area contributed by atoms with Crippen molar-refractivity contribution in [3.63, 3.8) is 0 Å². The normalized spacial score (nSPS) is 16.4. The number of rotatable bonds is 5. The highest BCUT2D eigenvalue weighted by Crippen LogP contribution is 2.28. The molecule has 1 saturated heterocycles. The van der Waals surface area contributed by atoms with Crippen molar-refractivity contribution in [3.8, 4) is 16.3 Å². The average Bonchev–Trinajstić information content (AvgIpc) is 3.38. The molecule has 4 rings (SSSR count). The van der Waals surface area contributed by atoms with E-state index in [-0.39, 0.29) is 24.4 Å². The van der Waals surface area contributed by atoms with E-state index in [0.29, 0.717) is 26.3 Å². The van der Waals surface area contributed by atoms with Crippen LogP contribution in [0.3, 0.4) is 0 Å². The van der Waals surface area contributed by atoms with Crippen LogP contribution in [0.1, 0.15) is 5.56 Å². The molecule has 1 atom stereocenters. The molecule has 2 aromatic heterocycles. The van der Waals surface area contributed by atoms with Crippen molar-refractivity contribution in [2.45, 2.75) is 12.6 Å². The van der Waals surface area contributed by atoms with Crippen molar-refractivity contribution >= 4 is 29.7 Å². The molecule has 1 amide bonds. The molecule has 6 nitrogen and oxygen atoms in total. The zero-order valence-corrected chi connectivity index (χ0v) is 17.2. The summed E-state index contributed by atoms with van der Waals surface area (Å²) in [7, 11) is 1.83. The van der Waals surface area contributed by atoms with E-state index in [0.717, 1.165) is 21.8 Å². The van der Waals surface area contributed by atoms with E-state index in [2.05, 4.69) is 11.4 Å². The van der Waals surface area contributed by atoms with E-state index in [1.54, 1.807) is 16.2 Å². The molecular weight excluding hydrogens is 396 g/mol. The smallest absolute Gasteiger partial charge is 0.242 e. The van der Waals surface area contributed by atoms with Crippen LogP contribution in [0.15, 0.2) is 54.0 Å². The Kier molecular flexibility index (Phi) is 6.85. The molecule has 1 N–H and O–H groups in total. The number of hydrogen-bond acceptors (Lipinski definition) is 5. The summed E-state index contributed by atoms with van der Waals surface area (Å²) in [6.07, 6.45) is 2.01. The third kappa shape index (κ3) is 4.44. The standard InChI is InChI=1S/C20H22N4O2S.ClH/c1-23(20(25)17-14-26-10-9-21-17)12-15-13-24(16-6-3-2-4-7-16)22-19(15)18-8-5-11-27-18;/h2-8,11,13,17,21H,9-10,12,14H2,1H3;1H. The molecule has 8 heteroatoms. The minimum Gasteiger partial charge on any atom is -0.378 e. The van der Waals surface area contributed by atoms with E-state index in [1.807, 2.05) is 59.7 Å². The van der Waals surface area contributed by atoms with Gasteiger partial charge in [-0.15, -0.1) is 23.7 Å². The molecule has 3 aromatic rings. The predicted octanol–water partition coefficient (Wildman–Crippen LogP) is 2.97. The number of thiophene rings is 1. The summed E-state index contributed by atoms with van der Waals surface area (Å²) in [6, 6.07) is 13.8. The Balaban J connectivity index is 0.00000225. The van der Waals surface area contributed by atoms with Gasteiger partial charge in [0.05, 0.1) is 23.8 Å². The van der Waals surface area contributed by atoms with Crippen molar-refractivity contribution in [1.29, 1.82) is 0 Å². The largest absolute Gasteiger partial charge is 0.378 e. The number of morpholine rings is 1. The van der Waals surface area contributed by atoms with E-state index in [4.69, 9.17) is 9.84 Å². The lowest BCUT2D eigenvalue weighted by Crippen LogP contribution is -2.51. The van der Waals surface area contributed by atoms with Gasteiger partial charge < -0.3 is 15.0 Å². The molecule has 3 heterocycles. The maximum Gasteiger partial charge on any atom is 0.242 e. The predicted molar refractivity (Wildman–Crippen MR) is 113 cm³/mol. The summed E-state index contributed by atoms with van der Waals surface area (Å²) < 4.78 is 7.30. The number of carbonyl (C=O) groups excluding carboxylic acids is 1. The second-order valence-corrected chi connectivity index (χ2v) is 7.48. The number of carbonyl (C=O) groups is 1. The summed E-state index contributed by atoms with van der Waals surface area (Å²) in [5.74, 6) is 0.0410. The summed E-state index contributed by atoms with van der Waals surface area (Å²) in [6.45, 7) is 2.28. The summed E-state index contributed by atoms with van der Waals surface area (Å²) in [5.41, 5.74) is 2.94. The van der Waals surface area contributed by atoms with Gasteiger partial charge in [-0.3, -0.25) is 4.79 Å². The number of amides is 1. The molecule has 0 radical (unpaired) electrons. The van der Waals surface area contributed by atoms with Crippen LogP contribution in [0.2, 0.25) is 0 Å². The number of nitrogens with zero attached hydrogens (tertiary/aromatic N) is 3. The number of halogens is 1. The second-order valence-electron chi connectivity index (χ2n) is 6.54. The molecule has 148 valence electrons. The third-order valence-corrected chi connectivity index (χ3v) is 5.45.